The van der Waals surface area contributed by atoms with E-state index in [0.717, 1.165) is 0 Å². The molecule has 0 unspecified atom stereocenters. The fourth-order valence-electron chi connectivity index (χ4n) is 1.31. The first kappa shape index (κ1) is 10.4. The van der Waals surface area contributed by atoms with Crippen LogP contribution in [0.1, 0.15) is 26.7 Å². The third-order valence-electron chi connectivity index (χ3n) is 1.98. The Hall–Kier alpha value is 0.300. The van der Waals surface area contributed by atoms with Gasteiger partial charge in [-0.25, -0.2) is 0 Å². The van der Waals surface area contributed by atoms with Crippen LogP contribution in [-0.4, -0.2) is 14.8 Å². The van der Waals surface area contributed by atoms with Crippen LogP contribution in [0.25, 0.3) is 0 Å². The van der Waals surface area contributed by atoms with Crippen molar-refractivity contribution in [2.75, 3.05) is 0 Å². The third-order valence-corrected chi connectivity index (χ3v) is 3.75. The topological polar surface area (TPSA) is 34.1 Å². The molecule has 0 amide bonds. The number of hydrogen-bond donors (Lipinski definition) is 0. The van der Waals surface area contributed by atoms with E-state index in [9.17, 15) is 9.59 Å². The molecule has 0 saturated heterocycles. The fourth-order valence-corrected chi connectivity index (χ4v) is 1.87. The minimum atomic E-state index is -1.10. The van der Waals surface area contributed by atoms with E-state index in [4.69, 9.17) is 0 Å². The Labute approximate surface area is 88.3 Å². The molecule has 4 heteroatoms. The molecule has 68 valence electrons. The minimum Gasteiger partial charge on any atom is -0.297 e. The van der Waals surface area contributed by atoms with Gasteiger partial charge in [-0.2, -0.15) is 0 Å². The Morgan fingerprint density at radius 1 is 1.08 bits per heavy atom. The molecule has 0 aliphatic heterocycles. The Bertz CT molecular complexity index is 221. The molecule has 0 bridgehead atoms. The summed E-state index contributed by atoms with van der Waals surface area (Å²) in [6, 6.07) is 0. The van der Waals surface area contributed by atoms with Crippen molar-refractivity contribution in [2.24, 2.45) is 5.41 Å². The van der Waals surface area contributed by atoms with Crippen LogP contribution in [-0.2, 0) is 9.59 Å². The molecule has 1 fully saturated rings. The summed E-state index contributed by atoms with van der Waals surface area (Å²) in [4.78, 5) is 22.9. The quantitative estimate of drug-likeness (QED) is 0.508. The molecule has 0 N–H and O–H groups in total. The highest BCUT2D eigenvalue weighted by atomic mass is 79.9. The van der Waals surface area contributed by atoms with Gasteiger partial charge in [-0.15, -0.1) is 0 Å². The third kappa shape index (κ3) is 1.79. The predicted octanol–water partition coefficient (Wildman–Crippen LogP) is 2.43. The summed E-state index contributed by atoms with van der Waals surface area (Å²) in [7, 11) is 0. The van der Waals surface area contributed by atoms with Crippen LogP contribution in [0.5, 0.6) is 0 Å². The monoisotopic (exact) mass is 296 g/mol. The number of ketones is 2. The summed E-state index contributed by atoms with van der Waals surface area (Å²) in [6.07, 6.45) is 0.879. The Kier molecular flexibility index (Phi) is 2.52. The maximum Gasteiger partial charge on any atom is 0.196 e. The summed E-state index contributed by atoms with van der Waals surface area (Å²) < 4.78 is -1.10. The van der Waals surface area contributed by atoms with E-state index in [-0.39, 0.29) is 17.0 Å². The number of Topliss-reactive ketones (excluding diaryl/α,β-unsaturated/α-hetero) is 2. The molecule has 0 atom stereocenters. The molecule has 0 aromatic heterocycles. The highest BCUT2D eigenvalue weighted by molar-refractivity contribution is 9.26. The second-order valence-corrected chi connectivity index (χ2v) is 7.38. The fraction of sp³-hybridized carbons (Fsp3) is 0.750. The first-order valence-electron chi connectivity index (χ1n) is 3.70. The van der Waals surface area contributed by atoms with Gasteiger partial charge < -0.3 is 0 Å². The lowest BCUT2D eigenvalue weighted by Crippen LogP contribution is -2.44. The Morgan fingerprint density at radius 2 is 1.42 bits per heavy atom. The van der Waals surface area contributed by atoms with Gasteiger partial charge in [0.2, 0.25) is 0 Å². The summed E-state index contributed by atoms with van der Waals surface area (Å²) in [5.74, 6) is -0.160. The molecule has 12 heavy (non-hydrogen) atoms. The van der Waals surface area contributed by atoms with E-state index in [1.54, 1.807) is 0 Å². The molecule has 1 saturated carbocycles. The summed E-state index contributed by atoms with van der Waals surface area (Å²) >= 11 is 6.18. The van der Waals surface area contributed by atoms with Crippen LogP contribution in [0.3, 0.4) is 0 Å². The average molecular weight is 298 g/mol. The van der Waals surface area contributed by atoms with Crippen molar-refractivity contribution in [3.8, 4) is 0 Å². The highest BCUT2D eigenvalue weighted by Gasteiger charge is 2.48. The van der Waals surface area contributed by atoms with Crippen molar-refractivity contribution in [2.45, 2.75) is 29.9 Å². The number of halogens is 2. The van der Waals surface area contributed by atoms with Crippen molar-refractivity contribution >= 4 is 43.4 Å². The van der Waals surface area contributed by atoms with Crippen molar-refractivity contribution in [3.05, 3.63) is 0 Å². The summed E-state index contributed by atoms with van der Waals surface area (Å²) in [5, 5.41) is 0. The first-order valence-corrected chi connectivity index (χ1v) is 5.29. The maximum absolute atomic E-state index is 11.4. The van der Waals surface area contributed by atoms with Gasteiger partial charge in [-0.05, 0) is 5.41 Å². The van der Waals surface area contributed by atoms with Crippen LogP contribution in [0.2, 0.25) is 0 Å². The largest absolute Gasteiger partial charge is 0.297 e. The van der Waals surface area contributed by atoms with Gasteiger partial charge in [-0.3, -0.25) is 9.59 Å². The second kappa shape index (κ2) is 2.91. The lowest BCUT2D eigenvalue weighted by atomic mass is 9.76. The van der Waals surface area contributed by atoms with Gasteiger partial charge in [0, 0.05) is 12.8 Å². The van der Waals surface area contributed by atoms with E-state index in [1.807, 2.05) is 13.8 Å². The van der Waals surface area contributed by atoms with Gasteiger partial charge in [0.25, 0.3) is 0 Å². The molecule has 0 radical (unpaired) electrons. The van der Waals surface area contributed by atoms with Gasteiger partial charge in [0.05, 0.1) is 0 Å². The zero-order valence-electron chi connectivity index (χ0n) is 6.99. The van der Waals surface area contributed by atoms with Gasteiger partial charge in [0.1, 0.15) is 0 Å². The van der Waals surface area contributed by atoms with E-state index >= 15 is 0 Å². The average Bonchev–Trinajstić information content (AvgIpc) is 1.82. The number of carbonyl (C=O) groups excluding carboxylic acids is 2. The number of hydrogen-bond acceptors (Lipinski definition) is 2. The van der Waals surface area contributed by atoms with Crippen LogP contribution >= 0.6 is 31.9 Å². The van der Waals surface area contributed by atoms with Crippen molar-refractivity contribution in [1.82, 2.24) is 0 Å². The predicted molar refractivity (Wildman–Crippen MR) is 53.6 cm³/mol. The molecular weight excluding hydrogens is 288 g/mol. The summed E-state index contributed by atoms with van der Waals surface area (Å²) in [6.45, 7) is 3.86. The SMILES string of the molecule is CC1(C)CC(=O)C(Br)(Br)C(=O)C1. The second-order valence-electron chi connectivity index (χ2n) is 3.94. The number of alkyl halides is 2. The maximum atomic E-state index is 11.4. The van der Waals surface area contributed by atoms with E-state index in [0.29, 0.717) is 12.8 Å². The van der Waals surface area contributed by atoms with Crippen LogP contribution < -0.4 is 0 Å². The molecule has 1 rings (SSSR count). The van der Waals surface area contributed by atoms with E-state index in [1.165, 1.54) is 0 Å². The van der Waals surface area contributed by atoms with Crippen molar-refractivity contribution in [3.63, 3.8) is 0 Å². The van der Waals surface area contributed by atoms with Crippen molar-refractivity contribution in [1.29, 1.82) is 0 Å². The molecule has 2 nitrogen and oxygen atoms in total. The van der Waals surface area contributed by atoms with E-state index < -0.39 is 3.23 Å². The van der Waals surface area contributed by atoms with Crippen molar-refractivity contribution < 1.29 is 9.59 Å². The normalized spacial score (nSPS) is 27.3. The molecule has 0 heterocycles. The van der Waals surface area contributed by atoms with Gasteiger partial charge in [0.15, 0.2) is 14.8 Å². The van der Waals surface area contributed by atoms with Gasteiger partial charge in [-0.1, -0.05) is 45.7 Å². The lowest BCUT2D eigenvalue weighted by molar-refractivity contribution is -0.133. The molecular formula is C8H10Br2O2. The molecule has 0 aromatic rings. The van der Waals surface area contributed by atoms with Crippen LogP contribution in [0, 0.1) is 5.41 Å². The smallest absolute Gasteiger partial charge is 0.196 e. The number of rotatable bonds is 0. The molecule has 0 aromatic carbocycles. The molecule has 1 aliphatic carbocycles. The Morgan fingerprint density at radius 3 is 1.75 bits per heavy atom. The first-order chi connectivity index (χ1) is 5.26. The highest BCUT2D eigenvalue weighted by Crippen LogP contribution is 2.43. The standard InChI is InChI=1S/C8H10Br2O2/c1-7(2)3-5(11)8(9,10)6(12)4-7/h3-4H2,1-2H3. The number of carbonyl (C=O) groups is 2. The summed E-state index contributed by atoms with van der Waals surface area (Å²) in [5.41, 5.74) is -0.181. The molecule has 1 aliphatic rings. The Balaban J connectivity index is 2.93. The van der Waals surface area contributed by atoms with Crippen LogP contribution in [0.15, 0.2) is 0 Å². The zero-order valence-corrected chi connectivity index (χ0v) is 10.2. The van der Waals surface area contributed by atoms with E-state index in [2.05, 4.69) is 31.9 Å². The minimum absolute atomic E-state index is 0.0799. The van der Waals surface area contributed by atoms with Gasteiger partial charge >= 0.3 is 0 Å². The lowest BCUT2D eigenvalue weighted by Gasteiger charge is -2.33. The van der Waals surface area contributed by atoms with Crippen LogP contribution in [0.4, 0.5) is 0 Å². The zero-order chi connectivity index (χ0) is 9.57. The molecule has 0 spiro atoms.